The van der Waals surface area contributed by atoms with Crippen LogP contribution in [-0.2, 0) is 0 Å². The van der Waals surface area contributed by atoms with Gasteiger partial charge in [0.25, 0.3) is 0 Å². The minimum atomic E-state index is 0.864. The highest BCUT2D eigenvalue weighted by Gasteiger charge is 2.29. The number of hydrogen-bond donors (Lipinski definition) is 0. The molecule has 0 atom stereocenters. The fourth-order valence-electron chi connectivity index (χ4n) is 19.3. The van der Waals surface area contributed by atoms with Gasteiger partial charge < -0.3 is 41.2 Å². The molecule has 0 unspecified atom stereocenters. The maximum Gasteiger partial charge on any atom is 0.137 e. The number of rotatable bonds is 9. The van der Waals surface area contributed by atoms with Crippen LogP contribution >= 0.6 is 0 Å². The second-order valence-corrected chi connectivity index (χ2v) is 31.5. The third-order valence-corrected chi connectivity index (χ3v) is 24.7. The maximum absolute atomic E-state index is 6.37. The second-order valence-electron chi connectivity index (χ2n) is 31.5. The first kappa shape index (κ1) is 69.5. The van der Waals surface area contributed by atoms with Crippen molar-refractivity contribution in [3.05, 3.63) is 419 Å². The molecule has 123 heavy (non-hydrogen) atoms. The summed E-state index contributed by atoms with van der Waals surface area (Å²) >= 11 is 0. The summed E-state index contributed by atoms with van der Waals surface area (Å²) in [5, 5.41) is 27.8. The zero-order valence-electron chi connectivity index (χ0n) is 66.1. The summed E-state index contributed by atoms with van der Waals surface area (Å²) in [6.45, 7) is 0. The predicted octanol–water partition coefficient (Wildman–Crippen LogP) is 33.8. The van der Waals surface area contributed by atoms with Crippen LogP contribution in [0.1, 0.15) is 0 Å². The molecule has 0 aliphatic carbocycles. The lowest BCUT2D eigenvalue weighted by Crippen LogP contribution is -2.11. The van der Waals surface area contributed by atoms with Crippen molar-refractivity contribution in [3.63, 3.8) is 0 Å². The molecule has 0 bridgehead atoms. The molecular weight excluding hydrogens is 1510 g/mol. The molecule has 0 aliphatic rings. The number of benzene rings is 21. The van der Waals surface area contributed by atoms with Crippen LogP contribution in [0.5, 0.6) is 0 Å². The first-order chi connectivity index (χ1) is 61.0. The van der Waals surface area contributed by atoms with E-state index in [4.69, 9.17) is 26.5 Å². The van der Waals surface area contributed by atoms with Crippen LogP contribution in [0.15, 0.2) is 445 Å². The van der Waals surface area contributed by atoms with Gasteiger partial charge in [-0.05, 0) is 188 Å². The van der Waals surface area contributed by atoms with E-state index in [1.165, 1.54) is 64.6 Å². The van der Waals surface area contributed by atoms with Crippen LogP contribution in [0.3, 0.4) is 0 Å². The van der Waals surface area contributed by atoms with E-state index in [2.05, 4.69) is 360 Å². The first-order valence-corrected chi connectivity index (χ1v) is 41.6. The van der Waals surface area contributed by atoms with Crippen LogP contribution in [0.4, 0.5) is 51.2 Å². The molecule has 27 aromatic rings. The van der Waals surface area contributed by atoms with Crippen molar-refractivity contribution < 1.29 is 26.5 Å². The van der Waals surface area contributed by atoms with Gasteiger partial charge >= 0.3 is 0 Å². The highest BCUT2D eigenvalue weighted by atomic mass is 16.3. The highest BCUT2D eigenvalue weighted by Crippen LogP contribution is 2.54. The summed E-state index contributed by atoms with van der Waals surface area (Å²) in [4.78, 5) is 7.17. The molecule has 0 aliphatic heterocycles. The quantitative estimate of drug-likeness (QED) is 0.131. The molecule has 0 spiro atoms. The number of furan rings is 6. The molecule has 576 valence electrons. The zero-order valence-corrected chi connectivity index (χ0v) is 66.1. The van der Waals surface area contributed by atoms with E-state index < -0.39 is 0 Å². The molecule has 0 radical (unpaired) electrons. The van der Waals surface area contributed by atoms with E-state index in [0.717, 1.165) is 183 Å². The first-order valence-electron chi connectivity index (χ1n) is 41.6. The van der Waals surface area contributed by atoms with Crippen molar-refractivity contribution in [1.29, 1.82) is 0 Å². The van der Waals surface area contributed by atoms with Gasteiger partial charge in [0, 0.05) is 70.6 Å². The average molecular weight is 1580 g/mol. The van der Waals surface area contributed by atoms with Crippen LogP contribution in [0, 0.1) is 0 Å². The van der Waals surface area contributed by atoms with Crippen LogP contribution in [0.2, 0.25) is 0 Å². The van der Waals surface area contributed by atoms with E-state index in [-0.39, 0.29) is 0 Å². The minimum absolute atomic E-state index is 0.864. The van der Waals surface area contributed by atoms with Gasteiger partial charge in [-0.1, -0.05) is 279 Å². The third kappa shape index (κ3) is 11.2. The lowest BCUT2D eigenvalue weighted by atomic mass is 9.98. The van der Waals surface area contributed by atoms with E-state index in [1.807, 2.05) is 72.8 Å². The molecule has 0 saturated carbocycles. The summed E-state index contributed by atoms with van der Waals surface area (Å²) in [6.07, 6.45) is 0. The Labute approximate surface area is 702 Å². The Balaban J connectivity index is 0.000000101. The molecule has 0 fully saturated rings. The fourth-order valence-corrected chi connectivity index (χ4v) is 19.3. The Morgan fingerprint density at radius 2 is 0.366 bits per heavy atom. The Hall–Kier alpha value is -16.6. The smallest absolute Gasteiger partial charge is 0.137 e. The van der Waals surface area contributed by atoms with Gasteiger partial charge in [0.05, 0.1) is 61.4 Å². The van der Waals surface area contributed by atoms with Crippen molar-refractivity contribution in [1.82, 2.24) is 0 Å². The molecule has 0 amide bonds. The Morgan fingerprint density at radius 1 is 0.122 bits per heavy atom. The van der Waals surface area contributed by atoms with Crippen molar-refractivity contribution in [2.24, 2.45) is 0 Å². The number of fused-ring (bicyclic) bond motifs is 27. The molecule has 6 heterocycles. The fraction of sp³-hybridized carbons (Fsp3) is 0. The van der Waals surface area contributed by atoms with Crippen LogP contribution in [0.25, 0.3) is 196 Å². The van der Waals surface area contributed by atoms with Crippen molar-refractivity contribution in [2.45, 2.75) is 0 Å². The van der Waals surface area contributed by atoms with Crippen molar-refractivity contribution in [3.8, 4) is 0 Å². The summed E-state index contributed by atoms with van der Waals surface area (Å²) in [6, 6.07) is 147. The Morgan fingerprint density at radius 3 is 0.756 bits per heavy atom. The van der Waals surface area contributed by atoms with Gasteiger partial charge in [-0.15, -0.1) is 0 Å². The van der Waals surface area contributed by atoms with E-state index in [1.54, 1.807) is 0 Å². The summed E-state index contributed by atoms with van der Waals surface area (Å²) in [5.41, 5.74) is 20.2. The average Bonchev–Trinajstić information content (AvgIpc) is 1.71. The highest BCUT2D eigenvalue weighted by molar-refractivity contribution is 6.25. The maximum atomic E-state index is 6.37. The lowest BCUT2D eigenvalue weighted by Gasteiger charge is -2.28. The summed E-state index contributed by atoms with van der Waals surface area (Å²) < 4.78 is 37.8. The van der Waals surface area contributed by atoms with Gasteiger partial charge in [0.15, 0.2) is 0 Å². The molecule has 9 heteroatoms. The van der Waals surface area contributed by atoms with E-state index in [0.29, 0.717) is 0 Å². The van der Waals surface area contributed by atoms with Gasteiger partial charge in [-0.3, -0.25) is 0 Å². The molecule has 0 N–H and O–H groups in total. The molecule has 0 saturated heterocycles. The normalized spacial score (nSPS) is 11.9. The predicted molar refractivity (Wildman–Crippen MR) is 512 cm³/mol. The van der Waals surface area contributed by atoms with E-state index >= 15 is 0 Å². The number of para-hydroxylation sites is 6. The molecular formula is C114H69N3O6. The zero-order chi connectivity index (χ0) is 80.7. The van der Waals surface area contributed by atoms with E-state index in [9.17, 15) is 0 Å². The Kier molecular flexibility index (Phi) is 15.8. The largest absolute Gasteiger partial charge is 0.456 e. The molecule has 21 aromatic carbocycles. The van der Waals surface area contributed by atoms with Gasteiger partial charge in [-0.2, -0.15) is 0 Å². The topological polar surface area (TPSA) is 88.6 Å². The lowest BCUT2D eigenvalue weighted by molar-refractivity contribution is 0.668. The van der Waals surface area contributed by atoms with Crippen molar-refractivity contribution >= 4 is 247 Å². The number of nitrogens with zero attached hydrogens (tertiary/aromatic N) is 3. The Bertz CT molecular complexity index is 8620. The van der Waals surface area contributed by atoms with Crippen molar-refractivity contribution in [2.75, 3.05) is 14.7 Å². The molecule has 6 aromatic heterocycles. The third-order valence-electron chi connectivity index (χ3n) is 24.7. The van der Waals surface area contributed by atoms with Gasteiger partial charge in [-0.25, -0.2) is 0 Å². The SMILES string of the molecule is c1ccc2c(c1)cc(N(c1ccc3oc4ccccc4c3c1)c1ccc3oc4ccccc4c3c1)c1ccccc12.c1ccc2c(c1)cc(N(c1cccc3oc4ccccc4c13)c1cccc3oc4ccccc4c13)c1ccccc12.c1ccc2c(c1)ccc1c(N(c3cccc4oc5ccccc5c34)c3cccc4oc5ccccc5c34)cccc12. The molecule has 9 nitrogen and oxygen atoms in total. The number of hydrogen-bond acceptors (Lipinski definition) is 9. The van der Waals surface area contributed by atoms with Gasteiger partial charge in [0.2, 0.25) is 0 Å². The van der Waals surface area contributed by atoms with Gasteiger partial charge in [0.1, 0.15) is 67.0 Å². The summed E-state index contributed by atoms with van der Waals surface area (Å²) in [5.74, 6) is 0. The molecule has 27 rings (SSSR count). The summed E-state index contributed by atoms with van der Waals surface area (Å²) in [7, 11) is 0. The monoisotopic (exact) mass is 1580 g/mol. The standard InChI is InChI=1S/3C38H23NO2/c1-2-11-25-24(10-1)22-23-27-26(25)14-7-15-30(27)39(31-16-8-20-35-37(31)28-12-3-5-18-33(28)40-35)32-17-9-21-36-38(32)29-13-4-6-19-34(29)41-36;1-2-12-25-24(11-1)23-32(27-14-4-3-13-26(25)27)39(30-17-9-21-35-37(30)28-15-5-7-19-33(28)40-35)31-18-10-22-36-38(31)29-16-6-8-20-34(29)41-36;1-2-10-27-24(9-1)21-34(29-12-4-3-11-28(27)29)39(25-17-19-37-32(22-25)30-13-5-7-15-35(30)40-37)26-18-20-38-33(23-26)31-14-6-8-16-36(31)41-38/h3*1-23H. The minimum Gasteiger partial charge on any atom is -0.456 e. The van der Waals surface area contributed by atoms with Crippen LogP contribution < -0.4 is 14.7 Å². The second kappa shape index (κ2) is 28.0. The number of anilines is 9. The van der Waals surface area contributed by atoms with Crippen LogP contribution in [-0.4, -0.2) is 0 Å².